The maximum Gasteiger partial charge on any atom is 0.319 e. The van der Waals surface area contributed by atoms with Gasteiger partial charge in [-0.15, -0.1) is 0 Å². The lowest BCUT2D eigenvalue weighted by Gasteiger charge is -2.29. The minimum atomic E-state index is -0.944. The fourth-order valence-corrected chi connectivity index (χ4v) is 6.23. The molecule has 0 spiro atoms. The predicted molar refractivity (Wildman–Crippen MR) is 181 cm³/mol. The number of aliphatic hydroxyl groups excluding tert-OH is 3. The summed E-state index contributed by atoms with van der Waals surface area (Å²) in [6.07, 6.45) is -0.901. The third kappa shape index (κ3) is 10.2. The number of β-amino-alcohol motifs (C(OH)–C–C–N with tert-alkyl or cyclic N) is 1. The van der Waals surface area contributed by atoms with Gasteiger partial charge >= 0.3 is 6.03 Å². The molecule has 0 aliphatic carbocycles. The first-order chi connectivity index (χ1) is 22.5. The Balaban J connectivity index is 1.52. The van der Waals surface area contributed by atoms with Gasteiger partial charge in [-0.25, -0.2) is 4.79 Å². The van der Waals surface area contributed by atoms with Crippen LogP contribution in [0.2, 0.25) is 0 Å². The molecule has 0 aromatic heterocycles. The van der Waals surface area contributed by atoms with Crippen molar-refractivity contribution < 1.29 is 34.4 Å². The number of methoxy groups -OCH3 is 1. The van der Waals surface area contributed by atoms with Crippen LogP contribution >= 0.6 is 11.8 Å². The number of hydrogen-bond acceptors (Lipinski definition) is 9. The first kappa shape index (κ1) is 35.7. The minimum Gasteiger partial charge on any atom is -0.497 e. The molecule has 4 amide bonds. The molecule has 1 aliphatic rings. The van der Waals surface area contributed by atoms with Gasteiger partial charge in [-0.2, -0.15) is 0 Å². The van der Waals surface area contributed by atoms with Crippen LogP contribution in [-0.4, -0.2) is 88.5 Å². The molecule has 2 atom stereocenters. The number of fused-ring (bicyclic) bond motifs is 1. The normalized spacial score (nSPS) is 15.3. The highest BCUT2D eigenvalue weighted by molar-refractivity contribution is 8.00. The van der Waals surface area contributed by atoms with Gasteiger partial charge in [-0.3, -0.25) is 9.59 Å². The second kappa shape index (κ2) is 16.6. The highest BCUT2D eigenvalue weighted by Crippen LogP contribution is 2.35. The van der Waals surface area contributed by atoms with Gasteiger partial charge in [0.1, 0.15) is 5.75 Å². The number of ether oxygens (including phenoxy) is 1. The van der Waals surface area contributed by atoms with E-state index in [1.54, 1.807) is 18.1 Å². The number of amides is 4. The first-order valence-electron chi connectivity index (χ1n) is 15.3. The Labute approximate surface area is 278 Å². The number of rotatable bonds is 14. The van der Waals surface area contributed by atoms with Crippen LogP contribution in [0.15, 0.2) is 71.6 Å². The molecule has 13 heteroatoms. The summed E-state index contributed by atoms with van der Waals surface area (Å²) in [5.41, 5.74) is 3.41. The summed E-state index contributed by atoms with van der Waals surface area (Å²) in [5.74, 6) is 0.0681. The van der Waals surface area contributed by atoms with Gasteiger partial charge in [0.15, 0.2) is 5.37 Å². The number of carbonyl (C=O) groups is 3. The maximum absolute atomic E-state index is 14.0. The summed E-state index contributed by atoms with van der Waals surface area (Å²) in [6, 6.07) is 20.3. The largest absolute Gasteiger partial charge is 0.497 e. The van der Waals surface area contributed by atoms with Crippen molar-refractivity contribution in [3.8, 4) is 16.9 Å². The van der Waals surface area contributed by atoms with E-state index < -0.39 is 23.0 Å². The second-order valence-electron chi connectivity index (χ2n) is 11.9. The van der Waals surface area contributed by atoms with E-state index in [4.69, 9.17) is 14.9 Å². The zero-order valence-electron chi connectivity index (χ0n) is 26.8. The topological polar surface area (TPSA) is 172 Å². The average molecular weight is 666 g/mol. The van der Waals surface area contributed by atoms with Gasteiger partial charge in [-0.1, -0.05) is 60.3 Å². The van der Waals surface area contributed by atoms with Crippen molar-refractivity contribution in [2.45, 2.75) is 55.3 Å². The number of anilines is 1. The fraction of sp³-hybridized carbons (Fsp3) is 0.382. The standard InChI is InChI=1S/C34H43N5O7S/c1-34(2,36-18-25(42)21-41)17-30(43)38-31-32(44)39(20-24-12-13-26(46-3)16-29(24)47-31)19-22-8-10-23(11-9-22)27-6-4-5-7-28(27)37-33(45)35-14-15-40/h4-13,16,25,31,36,40-42H,14-15,17-21H2,1-3H3,(H,38,43)(H2,35,37,45)/t25-,31+/m0/s1. The first-order valence-corrected chi connectivity index (χ1v) is 16.2. The highest BCUT2D eigenvalue weighted by Gasteiger charge is 2.33. The molecule has 0 bridgehead atoms. The fourth-order valence-electron chi connectivity index (χ4n) is 5.06. The molecule has 0 radical (unpaired) electrons. The number of thioether (sulfide) groups is 1. The zero-order chi connectivity index (χ0) is 34.0. The van der Waals surface area contributed by atoms with E-state index in [1.807, 2.05) is 74.5 Å². The molecule has 3 aromatic rings. The summed E-state index contributed by atoms with van der Waals surface area (Å²) < 4.78 is 5.42. The summed E-state index contributed by atoms with van der Waals surface area (Å²) in [6.45, 7) is 3.98. The lowest BCUT2D eigenvalue weighted by atomic mass is 10.00. The van der Waals surface area contributed by atoms with E-state index in [1.165, 1.54) is 11.8 Å². The van der Waals surface area contributed by atoms with Crippen LogP contribution in [0.5, 0.6) is 5.75 Å². The van der Waals surface area contributed by atoms with Gasteiger partial charge in [-0.05, 0) is 48.7 Å². The van der Waals surface area contributed by atoms with E-state index in [2.05, 4.69) is 21.3 Å². The van der Waals surface area contributed by atoms with Crippen molar-refractivity contribution in [2.75, 3.05) is 38.7 Å². The molecule has 4 rings (SSSR count). The van der Waals surface area contributed by atoms with E-state index in [9.17, 15) is 19.5 Å². The molecular weight excluding hydrogens is 622 g/mol. The third-order valence-electron chi connectivity index (χ3n) is 7.55. The molecule has 7 N–H and O–H groups in total. The number of carbonyl (C=O) groups excluding carboxylic acids is 3. The lowest BCUT2D eigenvalue weighted by molar-refractivity contribution is -0.135. The lowest BCUT2D eigenvalue weighted by Crippen LogP contribution is -2.50. The van der Waals surface area contributed by atoms with Gasteiger partial charge in [0, 0.05) is 48.6 Å². The van der Waals surface area contributed by atoms with Crippen LogP contribution in [0.3, 0.4) is 0 Å². The minimum absolute atomic E-state index is 0.0430. The number of para-hydroxylation sites is 1. The van der Waals surface area contributed by atoms with Crippen LogP contribution < -0.4 is 26.0 Å². The quantitative estimate of drug-likeness (QED) is 0.137. The Morgan fingerprint density at radius 2 is 1.83 bits per heavy atom. The Hall–Kier alpha value is -4.14. The smallest absolute Gasteiger partial charge is 0.319 e. The van der Waals surface area contributed by atoms with E-state index in [0.717, 1.165) is 27.1 Å². The van der Waals surface area contributed by atoms with E-state index in [-0.39, 0.29) is 44.5 Å². The number of aliphatic hydroxyl groups is 3. The van der Waals surface area contributed by atoms with Crippen molar-refractivity contribution in [1.82, 2.24) is 20.9 Å². The monoisotopic (exact) mass is 665 g/mol. The van der Waals surface area contributed by atoms with Crippen molar-refractivity contribution in [3.63, 3.8) is 0 Å². The molecule has 0 unspecified atom stereocenters. The molecule has 0 fully saturated rings. The van der Waals surface area contributed by atoms with Crippen LogP contribution in [-0.2, 0) is 22.7 Å². The van der Waals surface area contributed by atoms with Gasteiger partial charge in [0.05, 0.1) is 32.1 Å². The summed E-state index contributed by atoms with van der Waals surface area (Å²) in [7, 11) is 1.58. The summed E-state index contributed by atoms with van der Waals surface area (Å²) in [5, 5.41) is 38.3. The van der Waals surface area contributed by atoms with Gasteiger partial charge in [0.2, 0.25) is 5.91 Å². The molecule has 1 aliphatic heterocycles. The molecule has 0 saturated heterocycles. The van der Waals surface area contributed by atoms with E-state index >= 15 is 0 Å². The van der Waals surface area contributed by atoms with E-state index in [0.29, 0.717) is 24.5 Å². The van der Waals surface area contributed by atoms with Crippen molar-refractivity contribution in [3.05, 3.63) is 77.9 Å². The molecule has 252 valence electrons. The summed E-state index contributed by atoms with van der Waals surface area (Å²) in [4.78, 5) is 41.9. The number of benzene rings is 3. The van der Waals surface area contributed by atoms with Crippen molar-refractivity contribution >= 4 is 35.3 Å². The molecule has 47 heavy (non-hydrogen) atoms. The second-order valence-corrected chi connectivity index (χ2v) is 13.0. The SMILES string of the molecule is COc1ccc2c(c1)S[C@@H](NC(=O)CC(C)(C)NC[C@H](O)CO)C(=O)N(Cc1ccc(-c3ccccc3NC(=O)NCCO)cc1)C2. The summed E-state index contributed by atoms with van der Waals surface area (Å²) >= 11 is 1.27. The zero-order valence-corrected chi connectivity index (χ0v) is 27.6. The highest BCUT2D eigenvalue weighted by atomic mass is 32.2. The molecular formula is C34H43N5O7S. The number of urea groups is 1. The number of nitrogens with one attached hydrogen (secondary N) is 4. The molecule has 0 saturated carbocycles. The predicted octanol–water partition coefficient (Wildman–Crippen LogP) is 2.66. The molecule has 1 heterocycles. The Morgan fingerprint density at radius 1 is 1.09 bits per heavy atom. The maximum atomic E-state index is 14.0. The van der Waals surface area contributed by atoms with Gasteiger partial charge < -0.3 is 46.2 Å². The van der Waals surface area contributed by atoms with Gasteiger partial charge in [0.25, 0.3) is 5.91 Å². The van der Waals surface area contributed by atoms with Crippen LogP contribution in [0.4, 0.5) is 10.5 Å². The van der Waals surface area contributed by atoms with Crippen molar-refractivity contribution in [2.24, 2.45) is 0 Å². The molecule has 12 nitrogen and oxygen atoms in total. The Bertz CT molecular complexity index is 1540. The Kier molecular flexibility index (Phi) is 12.6. The van der Waals surface area contributed by atoms with Crippen molar-refractivity contribution in [1.29, 1.82) is 0 Å². The Morgan fingerprint density at radius 3 is 2.53 bits per heavy atom. The molecule has 3 aromatic carbocycles. The van der Waals surface area contributed by atoms with Crippen LogP contribution in [0.1, 0.15) is 31.4 Å². The number of hydrogen-bond donors (Lipinski definition) is 7. The van der Waals surface area contributed by atoms with Crippen LogP contribution in [0.25, 0.3) is 11.1 Å². The van der Waals surface area contributed by atoms with Crippen LogP contribution in [0, 0.1) is 0 Å². The average Bonchev–Trinajstić information content (AvgIpc) is 3.18. The number of nitrogens with zero attached hydrogens (tertiary/aromatic N) is 1. The third-order valence-corrected chi connectivity index (χ3v) is 8.74.